The molecule has 0 radical (unpaired) electrons. The molecule has 0 heterocycles. The topological polar surface area (TPSA) is 80.7 Å². The van der Waals surface area contributed by atoms with E-state index in [4.69, 9.17) is 4.74 Å². The number of aliphatic carboxylic acids is 1. The fourth-order valence-corrected chi connectivity index (χ4v) is 3.77. The van der Waals surface area contributed by atoms with Crippen LogP contribution < -0.4 is 4.74 Å². The van der Waals surface area contributed by atoms with Crippen LogP contribution in [0.15, 0.2) is 23.1 Å². The third kappa shape index (κ3) is 5.23. The molecular formula is C18H28O5S. The number of ether oxygens (including phenoxy) is 1. The Bertz CT molecular complexity index is 649. The van der Waals surface area contributed by atoms with Crippen molar-refractivity contribution >= 4 is 15.8 Å². The summed E-state index contributed by atoms with van der Waals surface area (Å²) in [5.74, 6) is -0.600. The molecule has 5 nitrogen and oxygen atoms in total. The number of methoxy groups -OCH3 is 1. The Morgan fingerprint density at radius 1 is 1.25 bits per heavy atom. The summed E-state index contributed by atoms with van der Waals surface area (Å²) in [4.78, 5) is 11.4. The van der Waals surface area contributed by atoms with Gasteiger partial charge in [0.25, 0.3) is 0 Å². The van der Waals surface area contributed by atoms with E-state index in [1.165, 1.54) is 13.2 Å². The van der Waals surface area contributed by atoms with Crippen LogP contribution in [0.2, 0.25) is 0 Å². The highest BCUT2D eigenvalue weighted by molar-refractivity contribution is 7.92. The van der Waals surface area contributed by atoms with E-state index in [9.17, 15) is 18.3 Å². The molecular weight excluding hydrogens is 328 g/mol. The predicted molar refractivity (Wildman–Crippen MR) is 94.5 cm³/mol. The minimum Gasteiger partial charge on any atom is -0.496 e. The number of hydrogen-bond acceptors (Lipinski definition) is 4. The highest BCUT2D eigenvalue weighted by atomic mass is 32.2. The second-order valence-corrected chi connectivity index (χ2v) is 8.79. The predicted octanol–water partition coefficient (Wildman–Crippen LogP) is 4.02. The molecule has 0 spiro atoms. The molecule has 136 valence electrons. The summed E-state index contributed by atoms with van der Waals surface area (Å²) in [6, 6.07) is 4.77. The molecule has 0 aliphatic heterocycles. The Balaban J connectivity index is 3.21. The lowest BCUT2D eigenvalue weighted by atomic mass is 9.89. The van der Waals surface area contributed by atoms with Crippen LogP contribution in [-0.2, 0) is 14.6 Å². The van der Waals surface area contributed by atoms with E-state index in [1.54, 1.807) is 26.0 Å². The first-order valence-corrected chi connectivity index (χ1v) is 9.92. The largest absolute Gasteiger partial charge is 0.496 e. The van der Waals surface area contributed by atoms with Crippen molar-refractivity contribution in [3.63, 3.8) is 0 Å². The molecule has 24 heavy (non-hydrogen) atoms. The van der Waals surface area contributed by atoms with Gasteiger partial charge in [-0.25, -0.2) is 8.42 Å². The van der Waals surface area contributed by atoms with Gasteiger partial charge in [-0.15, -0.1) is 0 Å². The number of benzene rings is 1. The second kappa shape index (κ2) is 9.06. The van der Waals surface area contributed by atoms with Crippen molar-refractivity contribution in [3.8, 4) is 5.75 Å². The molecule has 0 fully saturated rings. The normalized spacial score (nSPS) is 13.0. The van der Waals surface area contributed by atoms with Crippen molar-refractivity contribution in [2.75, 3.05) is 7.11 Å². The highest BCUT2D eigenvalue weighted by Gasteiger charge is 2.24. The van der Waals surface area contributed by atoms with Gasteiger partial charge in [0.2, 0.25) is 0 Å². The van der Waals surface area contributed by atoms with Crippen molar-refractivity contribution in [1.82, 2.24) is 0 Å². The third-order valence-corrected chi connectivity index (χ3v) is 6.32. The Labute approximate surface area is 145 Å². The van der Waals surface area contributed by atoms with Crippen LogP contribution in [-0.4, -0.2) is 31.9 Å². The van der Waals surface area contributed by atoms with E-state index >= 15 is 0 Å². The highest BCUT2D eigenvalue weighted by Crippen LogP contribution is 2.35. The lowest BCUT2D eigenvalue weighted by Gasteiger charge is -2.19. The minimum atomic E-state index is -3.39. The van der Waals surface area contributed by atoms with Gasteiger partial charge in [-0.1, -0.05) is 32.3 Å². The van der Waals surface area contributed by atoms with Crippen LogP contribution in [0.1, 0.15) is 64.4 Å². The van der Waals surface area contributed by atoms with E-state index in [0.29, 0.717) is 5.75 Å². The zero-order chi connectivity index (χ0) is 18.3. The molecule has 0 aliphatic rings. The van der Waals surface area contributed by atoms with Crippen molar-refractivity contribution in [2.24, 2.45) is 0 Å². The van der Waals surface area contributed by atoms with Crippen LogP contribution >= 0.6 is 0 Å². The fraction of sp³-hybridized carbons (Fsp3) is 0.611. The number of carboxylic acids is 1. The number of sulfone groups is 1. The lowest BCUT2D eigenvalue weighted by molar-refractivity contribution is -0.137. The third-order valence-electron chi connectivity index (χ3n) is 4.17. The zero-order valence-electron chi connectivity index (χ0n) is 14.9. The van der Waals surface area contributed by atoms with Crippen LogP contribution in [0.25, 0.3) is 0 Å². The summed E-state index contributed by atoms with van der Waals surface area (Å²) in [5.41, 5.74) is 0.763. The molecule has 0 aliphatic carbocycles. The minimum absolute atomic E-state index is 0.0103. The quantitative estimate of drug-likeness (QED) is 0.641. The fourth-order valence-electron chi connectivity index (χ4n) is 2.70. The Morgan fingerprint density at radius 2 is 1.92 bits per heavy atom. The number of unbranched alkanes of at least 4 members (excludes halogenated alkanes) is 2. The number of carboxylic acid groups (broad SMARTS) is 1. The molecule has 1 unspecified atom stereocenters. The monoisotopic (exact) mass is 356 g/mol. The molecule has 0 saturated heterocycles. The standard InChI is InChI=1S/C18H28O5S/c1-5-6-7-8-14(11-18(19)20)16-10-9-15(12-17(16)23-4)24(21,22)13(2)3/h9-10,12-14H,5-8,11H2,1-4H3,(H,19,20). The van der Waals surface area contributed by atoms with E-state index < -0.39 is 21.1 Å². The Hall–Kier alpha value is -1.56. The Morgan fingerprint density at radius 3 is 2.42 bits per heavy atom. The van der Waals surface area contributed by atoms with E-state index in [0.717, 1.165) is 31.2 Å². The SMILES string of the molecule is CCCCCC(CC(=O)O)c1ccc(S(=O)(=O)C(C)C)cc1OC. The van der Waals surface area contributed by atoms with Crippen molar-refractivity contribution in [2.45, 2.75) is 68.9 Å². The van der Waals surface area contributed by atoms with Crippen LogP contribution in [0.5, 0.6) is 5.75 Å². The van der Waals surface area contributed by atoms with Gasteiger partial charge in [-0.3, -0.25) is 4.79 Å². The summed E-state index contributed by atoms with van der Waals surface area (Å²) in [5, 5.41) is 8.66. The maximum atomic E-state index is 12.3. The molecule has 6 heteroatoms. The molecule has 1 aromatic rings. The van der Waals surface area contributed by atoms with Crippen LogP contribution in [0.4, 0.5) is 0 Å². The van der Waals surface area contributed by atoms with Gasteiger partial charge in [-0.05, 0) is 43.9 Å². The molecule has 1 atom stereocenters. The molecule has 1 rings (SSSR count). The maximum Gasteiger partial charge on any atom is 0.303 e. The van der Waals surface area contributed by atoms with Crippen LogP contribution in [0.3, 0.4) is 0 Å². The summed E-state index contributed by atoms with van der Waals surface area (Å²) >= 11 is 0. The lowest BCUT2D eigenvalue weighted by Crippen LogP contribution is -2.15. The zero-order valence-corrected chi connectivity index (χ0v) is 15.7. The molecule has 0 amide bonds. The second-order valence-electron chi connectivity index (χ2n) is 6.29. The number of carbonyl (C=O) groups is 1. The maximum absolute atomic E-state index is 12.3. The van der Waals surface area contributed by atoms with Crippen molar-refractivity contribution in [1.29, 1.82) is 0 Å². The first-order chi connectivity index (χ1) is 11.2. The molecule has 0 bridgehead atoms. The number of hydrogen-bond donors (Lipinski definition) is 1. The first kappa shape index (κ1) is 20.5. The first-order valence-electron chi connectivity index (χ1n) is 8.37. The van der Waals surface area contributed by atoms with Gasteiger partial charge in [0.15, 0.2) is 9.84 Å². The van der Waals surface area contributed by atoms with Gasteiger partial charge in [0, 0.05) is 0 Å². The summed E-state index contributed by atoms with van der Waals surface area (Å²) in [6.45, 7) is 5.36. The van der Waals surface area contributed by atoms with Crippen molar-refractivity contribution in [3.05, 3.63) is 23.8 Å². The van der Waals surface area contributed by atoms with E-state index in [1.807, 2.05) is 0 Å². The van der Waals surface area contributed by atoms with Crippen LogP contribution in [0, 0.1) is 0 Å². The van der Waals surface area contributed by atoms with E-state index in [2.05, 4.69) is 6.92 Å². The van der Waals surface area contributed by atoms with Gasteiger partial charge < -0.3 is 9.84 Å². The Kier molecular flexibility index (Phi) is 7.73. The van der Waals surface area contributed by atoms with Gasteiger partial charge in [0.1, 0.15) is 5.75 Å². The molecule has 0 saturated carbocycles. The van der Waals surface area contributed by atoms with Gasteiger partial charge in [-0.2, -0.15) is 0 Å². The molecule has 0 aromatic heterocycles. The van der Waals surface area contributed by atoms with Gasteiger partial charge >= 0.3 is 5.97 Å². The van der Waals surface area contributed by atoms with Gasteiger partial charge in [0.05, 0.1) is 23.7 Å². The molecule has 1 N–H and O–H groups in total. The summed E-state index contributed by atoms with van der Waals surface area (Å²) in [6.07, 6.45) is 3.79. The average Bonchev–Trinajstić information content (AvgIpc) is 2.53. The smallest absolute Gasteiger partial charge is 0.303 e. The summed E-state index contributed by atoms with van der Waals surface area (Å²) < 4.78 is 30.0. The van der Waals surface area contributed by atoms with E-state index in [-0.39, 0.29) is 17.2 Å². The molecule has 1 aromatic carbocycles. The number of rotatable bonds is 10. The average molecular weight is 356 g/mol. The van der Waals surface area contributed by atoms with Crippen molar-refractivity contribution < 1.29 is 23.1 Å². The summed E-state index contributed by atoms with van der Waals surface area (Å²) in [7, 11) is -1.91.